The molecule has 3 atom stereocenters. The van der Waals surface area contributed by atoms with E-state index in [2.05, 4.69) is 17.6 Å². The number of carbonyl (C=O) groups is 1. The molecule has 2 saturated carbocycles. The van der Waals surface area contributed by atoms with Gasteiger partial charge in [0, 0.05) is 56.8 Å². The first-order chi connectivity index (χ1) is 13.2. The third-order valence-corrected chi connectivity index (χ3v) is 7.10. The Labute approximate surface area is 185 Å². The van der Waals surface area contributed by atoms with E-state index < -0.39 is 0 Å². The molecule has 2 aliphatic carbocycles. The number of hydrogen-bond donors (Lipinski definition) is 2. The molecule has 4 aliphatic rings. The van der Waals surface area contributed by atoms with Crippen LogP contribution in [-0.2, 0) is 14.3 Å². The van der Waals surface area contributed by atoms with E-state index in [0.29, 0.717) is 29.5 Å². The molecular formula is C20H35IN4O3. The molecule has 7 nitrogen and oxygen atoms in total. The van der Waals surface area contributed by atoms with Gasteiger partial charge in [0.2, 0.25) is 5.91 Å². The Morgan fingerprint density at radius 3 is 2.61 bits per heavy atom. The monoisotopic (exact) mass is 506 g/mol. The number of piperidine rings is 1. The van der Waals surface area contributed by atoms with Crippen LogP contribution in [0.3, 0.4) is 0 Å². The number of fused-ring (bicyclic) bond motifs is 2. The van der Waals surface area contributed by atoms with Crippen molar-refractivity contribution >= 4 is 35.8 Å². The van der Waals surface area contributed by atoms with Crippen LogP contribution in [-0.4, -0.2) is 74.9 Å². The Balaban J connectivity index is 0.00000225. The van der Waals surface area contributed by atoms with Gasteiger partial charge < -0.3 is 25.0 Å². The van der Waals surface area contributed by atoms with E-state index in [-0.39, 0.29) is 36.5 Å². The molecule has 0 radical (unpaired) electrons. The van der Waals surface area contributed by atoms with E-state index in [0.717, 1.165) is 45.0 Å². The molecule has 8 heteroatoms. The smallest absolute Gasteiger partial charge is 0.248 e. The van der Waals surface area contributed by atoms with Gasteiger partial charge in [0.1, 0.15) is 6.61 Å². The second kappa shape index (κ2) is 9.47. The lowest BCUT2D eigenvalue weighted by Crippen LogP contribution is -2.72. The van der Waals surface area contributed by atoms with Gasteiger partial charge >= 0.3 is 0 Å². The summed E-state index contributed by atoms with van der Waals surface area (Å²) in [7, 11) is 1.57. The fourth-order valence-corrected chi connectivity index (χ4v) is 5.58. The third-order valence-electron chi connectivity index (χ3n) is 7.10. The lowest BCUT2D eigenvalue weighted by Gasteiger charge is -2.63. The SMILES string of the molecule is CCN=C(NC1CCN(C(=O)COC)CC1)NC1C2CCOC2C12CCC2.I. The van der Waals surface area contributed by atoms with Crippen molar-refractivity contribution < 1.29 is 14.3 Å². The number of nitrogens with zero attached hydrogens (tertiary/aromatic N) is 2. The average Bonchev–Trinajstić information content (AvgIpc) is 3.04. The molecule has 2 aliphatic heterocycles. The van der Waals surface area contributed by atoms with E-state index in [4.69, 9.17) is 14.5 Å². The summed E-state index contributed by atoms with van der Waals surface area (Å²) in [5, 5.41) is 7.42. The maximum Gasteiger partial charge on any atom is 0.248 e. The summed E-state index contributed by atoms with van der Waals surface area (Å²) < 4.78 is 11.0. The minimum Gasteiger partial charge on any atom is -0.377 e. The summed E-state index contributed by atoms with van der Waals surface area (Å²) >= 11 is 0. The molecule has 2 heterocycles. The Morgan fingerprint density at radius 2 is 2.00 bits per heavy atom. The van der Waals surface area contributed by atoms with Crippen LogP contribution in [0.25, 0.3) is 0 Å². The summed E-state index contributed by atoms with van der Waals surface area (Å²) in [6, 6.07) is 0.863. The highest BCUT2D eigenvalue weighted by molar-refractivity contribution is 14.0. The number of methoxy groups -OCH3 is 1. The second-order valence-electron chi connectivity index (χ2n) is 8.51. The van der Waals surface area contributed by atoms with Gasteiger partial charge in [0.15, 0.2) is 5.96 Å². The molecule has 4 rings (SSSR count). The Kier molecular flexibility index (Phi) is 7.47. The maximum atomic E-state index is 12.0. The topological polar surface area (TPSA) is 75.2 Å². The molecule has 0 aromatic rings. The number of halogens is 1. The molecular weight excluding hydrogens is 471 g/mol. The fraction of sp³-hybridized carbons (Fsp3) is 0.900. The van der Waals surface area contributed by atoms with Crippen molar-refractivity contribution in [2.24, 2.45) is 16.3 Å². The van der Waals surface area contributed by atoms with Crippen LogP contribution >= 0.6 is 24.0 Å². The number of likely N-dealkylation sites (tertiary alicyclic amines) is 1. The van der Waals surface area contributed by atoms with Crippen molar-refractivity contribution in [2.75, 3.05) is 40.0 Å². The summed E-state index contributed by atoms with van der Waals surface area (Å²) in [5.41, 5.74) is 0.354. The van der Waals surface area contributed by atoms with Gasteiger partial charge in [0.25, 0.3) is 0 Å². The van der Waals surface area contributed by atoms with Gasteiger partial charge in [0.05, 0.1) is 6.10 Å². The zero-order valence-electron chi connectivity index (χ0n) is 17.1. The van der Waals surface area contributed by atoms with Crippen LogP contribution in [0.2, 0.25) is 0 Å². The number of hydrogen-bond acceptors (Lipinski definition) is 4. The second-order valence-corrected chi connectivity index (χ2v) is 8.51. The van der Waals surface area contributed by atoms with Gasteiger partial charge in [-0.3, -0.25) is 9.79 Å². The number of aliphatic imine (C=N–C) groups is 1. The highest BCUT2D eigenvalue weighted by atomic mass is 127. The summed E-state index contributed by atoms with van der Waals surface area (Å²) in [5.74, 6) is 1.67. The number of rotatable bonds is 5. The molecule has 1 spiro atoms. The predicted molar refractivity (Wildman–Crippen MR) is 119 cm³/mol. The molecule has 4 fully saturated rings. The normalized spacial score (nSPS) is 31.4. The molecule has 1 amide bonds. The first kappa shape index (κ1) is 22.1. The van der Waals surface area contributed by atoms with E-state index in [1.54, 1.807) is 7.11 Å². The first-order valence-corrected chi connectivity index (χ1v) is 10.6. The van der Waals surface area contributed by atoms with Crippen LogP contribution in [0.15, 0.2) is 4.99 Å². The van der Waals surface area contributed by atoms with Gasteiger partial charge in [-0.05, 0) is 39.0 Å². The lowest BCUT2D eigenvalue weighted by atomic mass is 9.46. The highest BCUT2D eigenvalue weighted by Gasteiger charge is 2.66. The van der Waals surface area contributed by atoms with E-state index >= 15 is 0 Å². The number of amides is 1. The molecule has 0 aromatic carbocycles. The Morgan fingerprint density at radius 1 is 1.25 bits per heavy atom. The first-order valence-electron chi connectivity index (χ1n) is 10.6. The standard InChI is InChI=1S/C20H34N4O3.HI/c1-3-21-19(22-14-5-10-24(11-6-14)16(25)13-26-2)23-17-15-7-12-27-18(15)20(17)8-4-9-20;/h14-15,17-18H,3-13H2,1-2H3,(H2,21,22,23);1H. The average molecular weight is 506 g/mol. The van der Waals surface area contributed by atoms with Crippen molar-refractivity contribution in [3.63, 3.8) is 0 Å². The molecule has 0 aromatic heterocycles. The Bertz CT molecular complexity index is 576. The molecule has 3 unspecified atom stereocenters. The van der Waals surface area contributed by atoms with Crippen molar-refractivity contribution in [2.45, 2.75) is 63.6 Å². The van der Waals surface area contributed by atoms with E-state index in [1.807, 2.05) is 4.90 Å². The van der Waals surface area contributed by atoms with Crippen LogP contribution in [0.4, 0.5) is 0 Å². The van der Waals surface area contributed by atoms with Gasteiger partial charge in [-0.2, -0.15) is 0 Å². The lowest BCUT2D eigenvalue weighted by molar-refractivity contribution is -0.171. The maximum absolute atomic E-state index is 12.0. The molecule has 28 heavy (non-hydrogen) atoms. The van der Waals surface area contributed by atoms with Crippen LogP contribution < -0.4 is 10.6 Å². The molecule has 2 saturated heterocycles. The highest BCUT2D eigenvalue weighted by Crippen LogP contribution is 2.62. The number of ether oxygens (including phenoxy) is 2. The minimum absolute atomic E-state index is 0. The number of nitrogens with one attached hydrogen (secondary N) is 2. The minimum atomic E-state index is 0. The zero-order valence-corrected chi connectivity index (χ0v) is 19.4. The van der Waals surface area contributed by atoms with Crippen molar-refractivity contribution in [1.29, 1.82) is 0 Å². The summed E-state index contributed by atoms with van der Waals surface area (Å²) in [4.78, 5) is 18.6. The van der Waals surface area contributed by atoms with E-state index in [1.165, 1.54) is 25.7 Å². The van der Waals surface area contributed by atoms with Crippen molar-refractivity contribution in [3.05, 3.63) is 0 Å². The van der Waals surface area contributed by atoms with Gasteiger partial charge in [-0.25, -0.2) is 0 Å². The van der Waals surface area contributed by atoms with Gasteiger partial charge in [-0.15, -0.1) is 24.0 Å². The summed E-state index contributed by atoms with van der Waals surface area (Å²) in [6.07, 6.45) is 7.43. The van der Waals surface area contributed by atoms with Crippen LogP contribution in [0.1, 0.15) is 45.4 Å². The molecule has 2 N–H and O–H groups in total. The van der Waals surface area contributed by atoms with Crippen molar-refractivity contribution in [1.82, 2.24) is 15.5 Å². The summed E-state index contributed by atoms with van der Waals surface area (Å²) in [6.45, 7) is 5.51. The molecule has 160 valence electrons. The number of guanidine groups is 1. The quantitative estimate of drug-likeness (QED) is 0.338. The van der Waals surface area contributed by atoms with Crippen molar-refractivity contribution in [3.8, 4) is 0 Å². The van der Waals surface area contributed by atoms with Crippen LogP contribution in [0, 0.1) is 11.3 Å². The Hall–Kier alpha value is -0.610. The molecule has 0 bridgehead atoms. The predicted octanol–water partition coefficient (Wildman–Crippen LogP) is 1.75. The number of carbonyl (C=O) groups excluding carboxylic acids is 1. The van der Waals surface area contributed by atoms with Gasteiger partial charge in [-0.1, -0.05) is 6.42 Å². The zero-order chi connectivity index (χ0) is 18.9. The largest absolute Gasteiger partial charge is 0.377 e. The third kappa shape index (κ3) is 4.01. The fourth-order valence-electron chi connectivity index (χ4n) is 5.58. The van der Waals surface area contributed by atoms with E-state index in [9.17, 15) is 4.79 Å². The van der Waals surface area contributed by atoms with Crippen LogP contribution in [0.5, 0.6) is 0 Å².